The summed E-state index contributed by atoms with van der Waals surface area (Å²) in [5.74, 6) is -0.329. The minimum atomic E-state index is -0.329. The highest BCUT2D eigenvalue weighted by Gasteiger charge is 2.44. The van der Waals surface area contributed by atoms with E-state index < -0.39 is 0 Å². The molecule has 2 atom stereocenters. The van der Waals surface area contributed by atoms with E-state index in [0.29, 0.717) is 11.6 Å². The summed E-state index contributed by atoms with van der Waals surface area (Å²) >= 11 is 5.94. The lowest BCUT2D eigenvalue weighted by atomic mass is 9.90. The van der Waals surface area contributed by atoms with E-state index in [9.17, 15) is 4.79 Å². The van der Waals surface area contributed by atoms with Crippen LogP contribution in [-0.4, -0.2) is 38.7 Å². The van der Waals surface area contributed by atoms with Crippen molar-refractivity contribution >= 4 is 23.3 Å². The Balaban J connectivity index is 1.58. The molecule has 1 aliphatic carbocycles. The number of ether oxygens (including phenoxy) is 1. The standard InChI is InChI=1S/C28H32N4O2S/c1-18-17-23(19(2)31(18)22-14-12-20(13-15-22)27(33)34-3)26-25(24-11-7-8-16-29-24)30-28(35)32(26)21-9-5-4-6-10-21/h7-8,11-17,21,25-26H,4-6,9-10H2,1-3H3,(H,30,35)/t25-,26+/m1/s1. The van der Waals surface area contributed by atoms with E-state index in [2.05, 4.69) is 40.8 Å². The van der Waals surface area contributed by atoms with Crippen molar-refractivity contribution in [2.75, 3.05) is 7.11 Å². The van der Waals surface area contributed by atoms with Crippen LogP contribution in [0.2, 0.25) is 0 Å². The van der Waals surface area contributed by atoms with E-state index in [0.717, 1.165) is 22.2 Å². The fraction of sp³-hybridized carbons (Fsp3) is 0.393. The van der Waals surface area contributed by atoms with Crippen LogP contribution in [0.1, 0.15) is 77.2 Å². The fourth-order valence-corrected chi connectivity index (χ4v) is 6.19. The van der Waals surface area contributed by atoms with Crippen LogP contribution in [0.15, 0.2) is 54.7 Å². The molecule has 1 saturated carbocycles. The maximum Gasteiger partial charge on any atom is 0.337 e. The second-order valence-corrected chi connectivity index (χ2v) is 9.91. The smallest absolute Gasteiger partial charge is 0.337 e. The van der Waals surface area contributed by atoms with E-state index >= 15 is 0 Å². The Morgan fingerprint density at radius 2 is 1.83 bits per heavy atom. The summed E-state index contributed by atoms with van der Waals surface area (Å²) in [6.45, 7) is 4.30. The normalized spacial score (nSPS) is 20.7. The van der Waals surface area contributed by atoms with Gasteiger partial charge in [0, 0.05) is 29.3 Å². The van der Waals surface area contributed by atoms with Gasteiger partial charge in [0.15, 0.2) is 5.11 Å². The molecule has 1 aliphatic heterocycles. The summed E-state index contributed by atoms with van der Waals surface area (Å²) in [5, 5.41) is 4.45. The van der Waals surface area contributed by atoms with Gasteiger partial charge in [-0.1, -0.05) is 25.3 Å². The lowest BCUT2D eigenvalue weighted by Gasteiger charge is -2.37. The maximum atomic E-state index is 11.9. The topological polar surface area (TPSA) is 59.4 Å². The monoisotopic (exact) mass is 488 g/mol. The number of carbonyl (C=O) groups excluding carboxylic acids is 1. The van der Waals surface area contributed by atoms with Crippen molar-refractivity contribution in [3.63, 3.8) is 0 Å². The molecule has 35 heavy (non-hydrogen) atoms. The predicted octanol–water partition coefficient (Wildman–Crippen LogP) is 5.58. The third-order valence-electron chi connectivity index (χ3n) is 7.44. The molecule has 5 rings (SSSR count). The quantitative estimate of drug-likeness (QED) is 0.374. The Hall–Kier alpha value is -3.19. The van der Waals surface area contributed by atoms with Crippen LogP contribution >= 0.6 is 12.2 Å². The molecule has 1 N–H and O–H groups in total. The molecule has 6 nitrogen and oxygen atoms in total. The summed E-state index contributed by atoms with van der Waals surface area (Å²) in [4.78, 5) is 19.1. The van der Waals surface area contributed by atoms with E-state index in [1.54, 1.807) is 0 Å². The maximum absolute atomic E-state index is 11.9. The molecule has 0 bridgehead atoms. The minimum Gasteiger partial charge on any atom is -0.465 e. The number of hydrogen-bond acceptors (Lipinski definition) is 4. The number of hydrogen-bond donors (Lipinski definition) is 1. The molecule has 2 aromatic heterocycles. The lowest BCUT2D eigenvalue weighted by Crippen LogP contribution is -2.40. The summed E-state index contributed by atoms with van der Waals surface area (Å²) in [5.41, 5.74) is 6.14. The average molecular weight is 489 g/mol. The number of aryl methyl sites for hydroxylation is 1. The first-order valence-electron chi connectivity index (χ1n) is 12.4. The van der Waals surface area contributed by atoms with Crippen molar-refractivity contribution in [2.45, 2.75) is 64.1 Å². The van der Waals surface area contributed by atoms with Crippen molar-refractivity contribution in [2.24, 2.45) is 0 Å². The van der Waals surface area contributed by atoms with Crippen molar-refractivity contribution in [1.82, 2.24) is 19.8 Å². The van der Waals surface area contributed by atoms with E-state index in [1.165, 1.54) is 50.5 Å². The van der Waals surface area contributed by atoms with E-state index in [-0.39, 0.29) is 18.1 Å². The van der Waals surface area contributed by atoms with E-state index in [1.807, 2.05) is 42.6 Å². The number of thiocarbonyl (C=S) groups is 1. The number of aromatic nitrogens is 2. The number of benzene rings is 1. The van der Waals surface area contributed by atoms with Gasteiger partial charge in [-0.2, -0.15) is 0 Å². The van der Waals surface area contributed by atoms with Gasteiger partial charge in [-0.15, -0.1) is 0 Å². The summed E-state index contributed by atoms with van der Waals surface area (Å²) in [7, 11) is 1.40. The molecule has 3 heterocycles. The highest BCUT2D eigenvalue weighted by atomic mass is 32.1. The molecule has 2 fully saturated rings. The highest BCUT2D eigenvalue weighted by Crippen LogP contribution is 2.44. The number of rotatable bonds is 5. The van der Waals surface area contributed by atoms with Gasteiger partial charge in [-0.25, -0.2) is 4.79 Å². The average Bonchev–Trinajstić information content (AvgIpc) is 3.39. The summed E-state index contributed by atoms with van der Waals surface area (Å²) in [6, 6.07) is 16.4. The van der Waals surface area contributed by atoms with E-state index in [4.69, 9.17) is 21.9 Å². The molecule has 2 aliphatic rings. The Bertz CT molecular complexity index is 1220. The van der Waals surface area contributed by atoms with Gasteiger partial charge in [0.25, 0.3) is 0 Å². The van der Waals surface area contributed by atoms with Gasteiger partial charge in [-0.05, 0) is 86.9 Å². The van der Waals surface area contributed by atoms with Crippen molar-refractivity contribution in [3.05, 3.63) is 82.9 Å². The van der Waals surface area contributed by atoms with Crippen molar-refractivity contribution in [1.29, 1.82) is 0 Å². The molecule has 7 heteroatoms. The SMILES string of the molecule is COC(=O)c1ccc(-n2c(C)cc([C@H]3[C@@H](c4ccccn4)NC(=S)N3C3CCCCC3)c2C)cc1. The molecule has 3 aromatic rings. The third kappa shape index (κ3) is 4.33. The van der Waals surface area contributed by atoms with Gasteiger partial charge in [0.05, 0.1) is 30.5 Å². The summed E-state index contributed by atoms with van der Waals surface area (Å²) < 4.78 is 7.11. The van der Waals surface area contributed by atoms with Crippen molar-refractivity contribution in [3.8, 4) is 5.69 Å². The van der Waals surface area contributed by atoms with Crippen molar-refractivity contribution < 1.29 is 9.53 Å². The van der Waals surface area contributed by atoms with Gasteiger partial charge in [0.1, 0.15) is 0 Å². The van der Waals surface area contributed by atoms with Crippen LogP contribution in [0, 0.1) is 13.8 Å². The molecule has 182 valence electrons. The molecular formula is C28H32N4O2S. The second-order valence-electron chi connectivity index (χ2n) is 9.53. The van der Waals surface area contributed by atoms with Gasteiger partial charge >= 0.3 is 5.97 Å². The molecule has 0 unspecified atom stereocenters. The zero-order valence-electron chi connectivity index (χ0n) is 20.5. The lowest BCUT2D eigenvalue weighted by molar-refractivity contribution is 0.0600. The molecule has 0 radical (unpaired) electrons. The van der Waals surface area contributed by atoms with Crippen LogP contribution in [0.25, 0.3) is 5.69 Å². The number of nitrogens with one attached hydrogen (secondary N) is 1. The van der Waals surface area contributed by atoms with Crippen LogP contribution in [0.3, 0.4) is 0 Å². The largest absolute Gasteiger partial charge is 0.465 e. The molecule has 1 saturated heterocycles. The van der Waals surface area contributed by atoms with Gasteiger partial charge in [0.2, 0.25) is 0 Å². The highest BCUT2D eigenvalue weighted by molar-refractivity contribution is 7.80. The zero-order valence-corrected chi connectivity index (χ0v) is 21.3. The molecule has 1 aromatic carbocycles. The molecule has 0 amide bonds. The van der Waals surface area contributed by atoms with Crippen LogP contribution in [0.4, 0.5) is 0 Å². The zero-order chi connectivity index (χ0) is 24.5. The van der Waals surface area contributed by atoms with Gasteiger partial charge < -0.3 is 19.5 Å². The van der Waals surface area contributed by atoms with Crippen LogP contribution in [0.5, 0.6) is 0 Å². The van der Waals surface area contributed by atoms with Crippen LogP contribution < -0.4 is 5.32 Å². The fourth-order valence-electron chi connectivity index (χ4n) is 5.80. The Morgan fingerprint density at radius 1 is 1.09 bits per heavy atom. The number of carbonyl (C=O) groups is 1. The predicted molar refractivity (Wildman–Crippen MR) is 141 cm³/mol. The Labute approximate surface area is 212 Å². The number of methoxy groups -OCH3 is 1. The van der Waals surface area contributed by atoms with Gasteiger partial charge in [-0.3, -0.25) is 4.98 Å². The molecule has 0 spiro atoms. The number of nitrogens with zero attached hydrogens (tertiary/aromatic N) is 3. The van der Waals surface area contributed by atoms with Crippen LogP contribution in [-0.2, 0) is 4.74 Å². The second kappa shape index (κ2) is 9.82. The summed E-state index contributed by atoms with van der Waals surface area (Å²) in [6.07, 6.45) is 7.98. The first-order valence-corrected chi connectivity index (χ1v) is 12.8. The molecular weight excluding hydrogens is 456 g/mol. The Morgan fingerprint density at radius 3 is 2.49 bits per heavy atom. The minimum absolute atomic E-state index is 0.0127. The number of esters is 1. The third-order valence-corrected chi connectivity index (χ3v) is 7.77. The first kappa shape index (κ1) is 23.5. The Kier molecular flexibility index (Phi) is 6.60. The number of pyridine rings is 1. The first-order chi connectivity index (χ1) is 17.0.